The van der Waals surface area contributed by atoms with Crippen molar-refractivity contribution >= 4 is 43.6 Å². The second kappa shape index (κ2) is 5.67. The van der Waals surface area contributed by atoms with Gasteiger partial charge in [0.2, 0.25) is 5.78 Å². The van der Waals surface area contributed by atoms with Crippen LogP contribution in [0.5, 0.6) is 0 Å². The van der Waals surface area contributed by atoms with Crippen molar-refractivity contribution in [2.24, 2.45) is 0 Å². The summed E-state index contributed by atoms with van der Waals surface area (Å²) in [4.78, 5) is 9.27. The van der Waals surface area contributed by atoms with Crippen LogP contribution in [0, 0.1) is 0 Å². The van der Waals surface area contributed by atoms with E-state index in [2.05, 4.69) is 86.0 Å². The summed E-state index contributed by atoms with van der Waals surface area (Å²) in [6, 6.07) is 15.0. The van der Waals surface area contributed by atoms with Crippen molar-refractivity contribution in [3.8, 4) is 5.69 Å². The lowest BCUT2D eigenvalue weighted by atomic mass is 9.87. The second-order valence-corrected chi connectivity index (χ2v) is 8.80. The maximum atomic E-state index is 4.65. The Morgan fingerprint density at radius 2 is 1.74 bits per heavy atom. The number of imidazole rings is 2. The number of hydrogen-bond donors (Lipinski definition) is 0. The van der Waals surface area contributed by atoms with Gasteiger partial charge in [-0.25, -0.2) is 4.98 Å². The molecule has 0 N–H and O–H groups in total. The molecule has 27 heavy (non-hydrogen) atoms. The van der Waals surface area contributed by atoms with Crippen LogP contribution >= 0.6 is 15.9 Å². The van der Waals surface area contributed by atoms with Gasteiger partial charge >= 0.3 is 0 Å². The number of aromatic nitrogens is 4. The van der Waals surface area contributed by atoms with Gasteiger partial charge in [-0.1, -0.05) is 48.8 Å². The molecule has 0 saturated heterocycles. The van der Waals surface area contributed by atoms with E-state index in [-0.39, 0.29) is 5.41 Å². The van der Waals surface area contributed by atoms with E-state index < -0.39 is 0 Å². The van der Waals surface area contributed by atoms with Crippen LogP contribution in [0.2, 0.25) is 0 Å². The highest BCUT2D eigenvalue weighted by Gasteiger charge is 2.18. The van der Waals surface area contributed by atoms with Gasteiger partial charge in [-0.3, -0.25) is 14.0 Å². The highest BCUT2D eigenvalue weighted by Crippen LogP contribution is 2.32. The lowest BCUT2D eigenvalue weighted by molar-refractivity contribution is 0.590. The molecule has 0 radical (unpaired) electrons. The molecule has 0 atom stereocenters. The van der Waals surface area contributed by atoms with Gasteiger partial charge in [-0.15, -0.1) is 0 Å². The summed E-state index contributed by atoms with van der Waals surface area (Å²) in [6.07, 6.45) is 5.75. The first-order valence-corrected chi connectivity index (χ1v) is 9.75. The van der Waals surface area contributed by atoms with Gasteiger partial charge in [0, 0.05) is 27.9 Å². The number of hydrogen-bond acceptors (Lipinski definition) is 2. The minimum Gasteiger partial charge on any atom is -0.282 e. The highest BCUT2D eigenvalue weighted by atomic mass is 79.9. The SMILES string of the molecule is CC(C)(C)c1ccc(-n2c3c4cc(Br)ccc4ncc3n3ccnc23)cc1. The number of benzene rings is 2. The summed E-state index contributed by atoms with van der Waals surface area (Å²) >= 11 is 3.61. The number of pyridine rings is 1. The molecule has 5 heteroatoms. The summed E-state index contributed by atoms with van der Waals surface area (Å²) in [5.41, 5.74) is 5.68. The maximum Gasteiger partial charge on any atom is 0.219 e. The Morgan fingerprint density at radius 3 is 2.48 bits per heavy atom. The van der Waals surface area contributed by atoms with E-state index >= 15 is 0 Å². The number of fused-ring (bicyclic) bond motifs is 5. The molecule has 2 aromatic carbocycles. The standard InChI is InChI=1S/C22H19BrN4/c1-22(2,3)14-4-7-16(8-5-14)27-20-17-12-15(23)6-9-18(17)25-13-19(20)26-11-10-24-21(26)27/h4-13H,1-3H3. The second-order valence-electron chi connectivity index (χ2n) is 7.88. The van der Waals surface area contributed by atoms with Gasteiger partial charge in [0.15, 0.2) is 0 Å². The highest BCUT2D eigenvalue weighted by molar-refractivity contribution is 9.10. The average molecular weight is 419 g/mol. The Hall–Kier alpha value is -2.66. The Kier molecular flexibility index (Phi) is 3.46. The summed E-state index contributed by atoms with van der Waals surface area (Å²) < 4.78 is 5.36. The van der Waals surface area contributed by atoms with E-state index in [0.29, 0.717) is 0 Å². The zero-order chi connectivity index (χ0) is 18.8. The van der Waals surface area contributed by atoms with Crippen molar-refractivity contribution in [3.63, 3.8) is 0 Å². The fraction of sp³-hybridized carbons (Fsp3) is 0.182. The minimum absolute atomic E-state index is 0.126. The molecule has 3 heterocycles. The molecular weight excluding hydrogens is 400 g/mol. The molecule has 0 amide bonds. The lowest BCUT2D eigenvalue weighted by Crippen LogP contribution is -2.10. The smallest absolute Gasteiger partial charge is 0.219 e. The normalized spacial score (nSPS) is 12.4. The molecule has 0 fully saturated rings. The number of nitrogens with zero attached hydrogens (tertiary/aromatic N) is 4. The number of halogens is 1. The van der Waals surface area contributed by atoms with Crippen molar-refractivity contribution in [2.45, 2.75) is 26.2 Å². The maximum absolute atomic E-state index is 4.65. The first-order valence-electron chi connectivity index (χ1n) is 8.96. The fourth-order valence-corrected chi connectivity index (χ4v) is 4.02. The van der Waals surface area contributed by atoms with Crippen molar-refractivity contribution in [3.05, 3.63) is 71.1 Å². The first kappa shape index (κ1) is 16.5. The fourth-order valence-electron chi connectivity index (χ4n) is 3.66. The van der Waals surface area contributed by atoms with Crippen LogP contribution in [-0.4, -0.2) is 18.9 Å². The molecule has 0 aliphatic carbocycles. The molecule has 0 aliphatic rings. The molecular formula is C22H19BrN4. The van der Waals surface area contributed by atoms with Crippen LogP contribution in [0.4, 0.5) is 0 Å². The van der Waals surface area contributed by atoms with Gasteiger partial charge in [-0.05, 0) is 41.3 Å². The third-order valence-corrected chi connectivity index (χ3v) is 5.57. The van der Waals surface area contributed by atoms with E-state index in [1.165, 1.54) is 5.56 Å². The third kappa shape index (κ3) is 2.49. The Balaban J connectivity index is 1.89. The van der Waals surface area contributed by atoms with Gasteiger partial charge in [-0.2, -0.15) is 0 Å². The van der Waals surface area contributed by atoms with Gasteiger partial charge in [0.1, 0.15) is 0 Å². The monoisotopic (exact) mass is 418 g/mol. The predicted octanol–water partition coefficient (Wildman–Crippen LogP) is 5.89. The van der Waals surface area contributed by atoms with Crippen molar-refractivity contribution in [2.75, 3.05) is 0 Å². The Bertz CT molecular complexity index is 1300. The van der Waals surface area contributed by atoms with Gasteiger partial charge < -0.3 is 0 Å². The Morgan fingerprint density at radius 1 is 0.963 bits per heavy atom. The molecule has 0 spiro atoms. The van der Waals surface area contributed by atoms with E-state index in [1.807, 2.05) is 30.7 Å². The molecule has 0 unspecified atom stereocenters. The quantitative estimate of drug-likeness (QED) is 0.340. The van der Waals surface area contributed by atoms with Crippen molar-refractivity contribution < 1.29 is 0 Å². The predicted molar refractivity (Wildman–Crippen MR) is 114 cm³/mol. The van der Waals surface area contributed by atoms with Gasteiger partial charge in [0.25, 0.3) is 0 Å². The first-order chi connectivity index (χ1) is 12.9. The summed E-state index contributed by atoms with van der Waals surface area (Å²) in [7, 11) is 0. The molecule has 5 rings (SSSR count). The third-order valence-electron chi connectivity index (χ3n) is 5.08. The Labute approximate surface area is 165 Å². The lowest BCUT2D eigenvalue weighted by Gasteiger charge is -2.19. The van der Waals surface area contributed by atoms with Crippen LogP contribution in [0.15, 0.2) is 65.5 Å². The van der Waals surface area contributed by atoms with Crippen LogP contribution in [0.25, 0.3) is 33.4 Å². The molecule has 5 aromatic rings. The van der Waals surface area contributed by atoms with Crippen LogP contribution in [0.3, 0.4) is 0 Å². The summed E-state index contributed by atoms with van der Waals surface area (Å²) in [5.74, 6) is 0.891. The average Bonchev–Trinajstić information content (AvgIpc) is 3.21. The van der Waals surface area contributed by atoms with Crippen molar-refractivity contribution in [1.29, 1.82) is 0 Å². The van der Waals surface area contributed by atoms with Crippen LogP contribution < -0.4 is 0 Å². The largest absolute Gasteiger partial charge is 0.282 e. The van der Waals surface area contributed by atoms with E-state index in [1.54, 1.807) is 0 Å². The zero-order valence-corrected chi connectivity index (χ0v) is 17.0. The van der Waals surface area contributed by atoms with Crippen molar-refractivity contribution in [1.82, 2.24) is 18.9 Å². The van der Waals surface area contributed by atoms with Gasteiger partial charge in [0.05, 0.1) is 22.7 Å². The topological polar surface area (TPSA) is 35.1 Å². The molecule has 3 aromatic heterocycles. The summed E-state index contributed by atoms with van der Waals surface area (Å²) in [6.45, 7) is 6.70. The molecule has 134 valence electrons. The molecule has 4 nitrogen and oxygen atoms in total. The van der Waals surface area contributed by atoms with E-state index in [4.69, 9.17) is 0 Å². The summed E-state index contributed by atoms with van der Waals surface area (Å²) in [5, 5.41) is 1.10. The van der Waals surface area contributed by atoms with E-state index in [0.717, 1.165) is 37.9 Å². The molecule has 0 bridgehead atoms. The number of rotatable bonds is 1. The minimum atomic E-state index is 0.126. The van der Waals surface area contributed by atoms with Crippen LogP contribution in [0.1, 0.15) is 26.3 Å². The van der Waals surface area contributed by atoms with E-state index in [9.17, 15) is 0 Å². The van der Waals surface area contributed by atoms with Crippen LogP contribution in [-0.2, 0) is 5.41 Å². The molecule has 0 saturated carbocycles. The zero-order valence-electron chi connectivity index (χ0n) is 15.4. The molecule has 0 aliphatic heterocycles.